The van der Waals surface area contributed by atoms with Gasteiger partial charge in [0.05, 0.1) is 18.1 Å². The summed E-state index contributed by atoms with van der Waals surface area (Å²) < 4.78 is 1.90. The minimum atomic E-state index is 0.473. The van der Waals surface area contributed by atoms with Gasteiger partial charge in [0.15, 0.2) is 5.65 Å². The molecule has 2 N–H and O–H groups in total. The van der Waals surface area contributed by atoms with Crippen LogP contribution in [0.2, 0.25) is 0 Å². The van der Waals surface area contributed by atoms with E-state index in [1.165, 1.54) is 39.7 Å². The molecule has 0 saturated heterocycles. The van der Waals surface area contributed by atoms with Crippen LogP contribution >= 0.6 is 0 Å². The molecule has 0 saturated carbocycles. The molecule has 5 heteroatoms. The monoisotopic (exact) mass is 295 g/mol. The standard InChI is InChI=1S/C17H21N5/c1-9-10(2)12(4)15(13(5)11(9)3)7-22-17-14(6-21-22)16(18)19-8-20-17/h6,8H,7H2,1-5H3,(H2,18,19,20). The number of nitrogens with zero attached hydrogens (tertiary/aromatic N) is 4. The molecule has 2 aromatic heterocycles. The highest BCUT2D eigenvalue weighted by Gasteiger charge is 2.15. The van der Waals surface area contributed by atoms with E-state index in [1.54, 1.807) is 6.20 Å². The summed E-state index contributed by atoms with van der Waals surface area (Å²) in [6.45, 7) is 11.6. The third-order valence-corrected chi connectivity index (χ3v) is 4.93. The van der Waals surface area contributed by atoms with Crippen molar-refractivity contribution in [3.8, 4) is 0 Å². The number of aromatic nitrogens is 4. The first-order valence-corrected chi connectivity index (χ1v) is 7.39. The minimum absolute atomic E-state index is 0.473. The zero-order valence-corrected chi connectivity index (χ0v) is 13.7. The van der Waals surface area contributed by atoms with Gasteiger partial charge in [0, 0.05) is 0 Å². The van der Waals surface area contributed by atoms with Crippen LogP contribution in [0.25, 0.3) is 11.0 Å². The average Bonchev–Trinajstić information content (AvgIpc) is 2.92. The lowest BCUT2D eigenvalue weighted by molar-refractivity contribution is 0.695. The van der Waals surface area contributed by atoms with Gasteiger partial charge in [0.2, 0.25) is 0 Å². The first-order valence-electron chi connectivity index (χ1n) is 7.39. The molecule has 0 amide bonds. The Balaban J connectivity index is 2.16. The lowest BCUT2D eigenvalue weighted by atomic mass is 9.89. The van der Waals surface area contributed by atoms with E-state index < -0.39 is 0 Å². The molecule has 0 unspecified atom stereocenters. The van der Waals surface area contributed by atoms with Gasteiger partial charge in [-0.3, -0.25) is 0 Å². The predicted molar refractivity (Wildman–Crippen MR) is 89.0 cm³/mol. The van der Waals surface area contributed by atoms with Crippen molar-refractivity contribution in [2.24, 2.45) is 0 Å². The zero-order chi connectivity index (χ0) is 16.0. The second-order valence-electron chi connectivity index (χ2n) is 5.90. The van der Waals surface area contributed by atoms with Crippen LogP contribution in [0.15, 0.2) is 12.5 Å². The lowest BCUT2D eigenvalue weighted by Gasteiger charge is -2.18. The highest BCUT2D eigenvalue weighted by atomic mass is 15.3. The Bertz CT molecular complexity index is 847. The summed E-state index contributed by atoms with van der Waals surface area (Å²) in [4.78, 5) is 8.35. The van der Waals surface area contributed by atoms with Crippen molar-refractivity contribution in [2.45, 2.75) is 41.2 Å². The van der Waals surface area contributed by atoms with Crippen LogP contribution < -0.4 is 5.73 Å². The minimum Gasteiger partial charge on any atom is -0.383 e. The molecular formula is C17H21N5. The third-order valence-electron chi connectivity index (χ3n) is 4.93. The van der Waals surface area contributed by atoms with E-state index in [0.29, 0.717) is 12.4 Å². The highest BCUT2D eigenvalue weighted by molar-refractivity contribution is 5.84. The number of hydrogen-bond donors (Lipinski definition) is 1. The molecule has 114 valence electrons. The molecule has 0 aliphatic carbocycles. The number of fused-ring (bicyclic) bond motifs is 1. The SMILES string of the molecule is Cc1c(C)c(C)c(Cn2ncc3c(N)ncnc32)c(C)c1C. The van der Waals surface area contributed by atoms with Crippen molar-refractivity contribution in [1.82, 2.24) is 19.7 Å². The Morgan fingerprint density at radius 3 is 2.14 bits per heavy atom. The summed E-state index contributed by atoms with van der Waals surface area (Å²) in [5.74, 6) is 0.473. The van der Waals surface area contributed by atoms with E-state index in [0.717, 1.165) is 11.0 Å². The fourth-order valence-corrected chi connectivity index (χ4v) is 2.99. The molecule has 5 nitrogen and oxygen atoms in total. The molecule has 1 aromatic carbocycles. The van der Waals surface area contributed by atoms with Crippen LogP contribution in [0.1, 0.15) is 33.4 Å². The highest BCUT2D eigenvalue weighted by Crippen LogP contribution is 2.27. The number of hydrogen-bond acceptors (Lipinski definition) is 4. The maximum atomic E-state index is 5.89. The van der Waals surface area contributed by atoms with Crippen molar-refractivity contribution in [3.05, 3.63) is 45.9 Å². The van der Waals surface area contributed by atoms with Gasteiger partial charge in [-0.2, -0.15) is 5.10 Å². The fraction of sp³-hybridized carbons (Fsp3) is 0.353. The Labute approximate surface area is 130 Å². The maximum absolute atomic E-state index is 5.89. The van der Waals surface area contributed by atoms with E-state index in [1.807, 2.05) is 4.68 Å². The van der Waals surface area contributed by atoms with Gasteiger partial charge >= 0.3 is 0 Å². The molecule has 2 heterocycles. The maximum Gasteiger partial charge on any atom is 0.163 e. The van der Waals surface area contributed by atoms with Crippen molar-refractivity contribution in [1.29, 1.82) is 0 Å². The van der Waals surface area contributed by atoms with Crippen LogP contribution in [0, 0.1) is 34.6 Å². The Morgan fingerprint density at radius 2 is 1.50 bits per heavy atom. The molecular weight excluding hydrogens is 274 g/mol. The van der Waals surface area contributed by atoms with Gasteiger partial charge in [0.1, 0.15) is 12.1 Å². The van der Waals surface area contributed by atoms with Gasteiger partial charge in [-0.15, -0.1) is 0 Å². The average molecular weight is 295 g/mol. The quantitative estimate of drug-likeness (QED) is 0.789. The molecule has 0 bridgehead atoms. The molecule has 0 fully saturated rings. The van der Waals surface area contributed by atoms with Crippen molar-refractivity contribution >= 4 is 16.9 Å². The van der Waals surface area contributed by atoms with Crippen LogP contribution in [0.4, 0.5) is 5.82 Å². The summed E-state index contributed by atoms with van der Waals surface area (Å²) >= 11 is 0. The fourth-order valence-electron chi connectivity index (χ4n) is 2.99. The van der Waals surface area contributed by atoms with Crippen molar-refractivity contribution < 1.29 is 0 Å². The predicted octanol–water partition coefficient (Wildman–Crippen LogP) is 3.00. The van der Waals surface area contributed by atoms with Crippen molar-refractivity contribution in [3.63, 3.8) is 0 Å². The van der Waals surface area contributed by atoms with E-state index in [9.17, 15) is 0 Å². The van der Waals surface area contributed by atoms with Gasteiger partial charge in [-0.1, -0.05) is 0 Å². The van der Waals surface area contributed by atoms with Gasteiger partial charge in [-0.05, 0) is 68.0 Å². The molecule has 22 heavy (non-hydrogen) atoms. The smallest absolute Gasteiger partial charge is 0.163 e. The summed E-state index contributed by atoms with van der Waals surface area (Å²) in [5.41, 5.74) is 14.7. The molecule has 3 rings (SSSR count). The van der Waals surface area contributed by atoms with Gasteiger partial charge < -0.3 is 5.73 Å². The van der Waals surface area contributed by atoms with Crippen LogP contribution in [0.3, 0.4) is 0 Å². The molecule has 0 radical (unpaired) electrons. The summed E-state index contributed by atoms with van der Waals surface area (Å²) in [7, 11) is 0. The molecule has 0 atom stereocenters. The largest absolute Gasteiger partial charge is 0.383 e. The third kappa shape index (κ3) is 2.04. The molecule has 3 aromatic rings. The van der Waals surface area contributed by atoms with Gasteiger partial charge in [0.25, 0.3) is 0 Å². The number of benzene rings is 1. The Kier molecular flexibility index (Phi) is 3.35. The lowest BCUT2D eigenvalue weighted by Crippen LogP contribution is -2.09. The van der Waals surface area contributed by atoms with Crippen LogP contribution in [-0.4, -0.2) is 19.7 Å². The Hall–Kier alpha value is -2.43. The van der Waals surface area contributed by atoms with Crippen molar-refractivity contribution in [2.75, 3.05) is 5.73 Å². The summed E-state index contributed by atoms with van der Waals surface area (Å²) in [6.07, 6.45) is 3.23. The molecule has 0 aliphatic heterocycles. The number of rotatable bonds is 2. The van der Waals surface area contributed by atoms with E-state index >= 15 is 0 Å². The number of anilines is 1. The topological polar surface area (TPSA) is 69.6 Å². The second kappa shape index (κ2) is 5.09. The molecule has 0 spiro atoms. The normalized spacial score (nSPS) is 11.3. The number of nitrogen functional groups attached to an aromatic ring is 1. The summed E-state index contributed by atoms with van der Waals surface area (Å²) in [5, 5.41) is 5.25. The first kappa shape index (κ1) is 14.5. The molecule has 0 aliphatic rings. The second-order valence-corrected chi connectivity index (χ2v) is 5.90. The van der Waals surface area contributed by atoms with E-state index in [4.69, 9.17) is 5.73 Å². The van der Waals surface area contributed by atoms with Crippen LogP contribution in [0.5, 0.6) is 0 Å². The van der Waals surface area contributed by atoms with E-state index in [2.05, 4.69) is 49.7 Å². The van der Waals surface area contributed by atoms with Gasteiger partial charge in [-0.25, -0.2) is 14.6 Å². The summed E-state index contributed by atoms with van der Waals surface area (Å²) in [6, 6.07) is 0. The zero-order valence-electron chi connectivity index (χ0n) is 13.7. The first-order chi connectivity index (χ1) is 10.4. The Morgan fingerprint density at radius 1 is 0.909 bits per heavy atom. The van der Waals surface area contributed by atoms with E-state index in [-0.39, 0.29) is 0 Å². The van der Waals surface area contributed by atoms with Crippen LogP contribution in [-0.2, 0) is 6.54 Å². The number of nitrogens with two attached hydrogens (primary N) is 1.